The largest absolute Gasteiger partial charge is 0.308 e. The Morgan fingerprint density at radius 1 is 1.50 bits per heavy atom. The van der Waals surface area contributed by atoms with Gasteiger partial charge in [0.1, 0.15) is 5.01 Å². The molecule has 3 rings (SSSR count). The summed E-state index contributed by atoms with van der Waals surface area (Å²) < 4.78 is 1.11. The van der Waals surface area contributed by atoms with Crippen molar-refractivity contribution in [2.45, 2.75) is 19.4 Å². The van der Waals surface area contributed by atoms with Gasteiger partial charge in [0.25, 0.3) is 0 Å². The molecule has 0 amide bonds. The van der Waals surface area contributed by atoms with Crippen LogP contribution in [0.25, 0.3) is 10.2 Å². The first kappa shape index (κ1) is 10.5. The molecule has 1 saturated heterocycles. The molecule has 0 aliphatic carbocycles. The molecule has 2 nitrogen and oxygen atoms in total. The Balaban J connectivity index is 2.08. The van der Waals surface area contributed by atoms with Gasteiger partial charge >= 0.3 is 0 Å². The highest BCUT2D eigenvalue weighted by molar-refractivity contribution is 7.19. The number of hydrogen-bond donors (Lipinski definition) is 1. The van der Waals surface area contributed by atoms with Crippen LogP contribution in [0.5, 0.6) is 0 Å². The van der Waals surface area contributed by atoms with Gasteiger partial charge in [-0.1, -0.05) is 24.6 Å². The van der Waals surface area contributed by atoms with E-state index in [1.54, 1.807) is 11.3 Å². The van der Waals surface area contributed by atoms with Gasteiger partial charge in [-0.25, -0.2) is 4.98 Å². The summed E-state index contributed by atoms with van der Waals surface area (Å²) in [6.45, 7) is 3.37. The van der Waals surface area contributed by atoms with Crippen molar-refractivity contribution >= 4 is 33.2 Å². The SMILES string of the molecule is CC1CCNC1c1nc2cccc(Cl)c2s1. The van der Waals surface area contributed by atoms with Crippen LogP contribution in [-0.2, 0) is 0 Å². The lowest BCUT2D eigenvalue weighted by molar-refractivity contribution is 0.502. The van der Waals surface area contributed by atoms with Crippen LogP contribution in [0.1, 0.15) is 24.4 Å². The van der Waals surface area contributed by atoms with Crippen LogP contribution in [0.15, 0.2) is 18.2 Å². The van der Waals surface area contributed by atoms with Crippen LogP contribution in [0.2, 0.25) is 5.02 Å². The Labute approximate surface area is 104 Å². The maximum absolute atomic E-state index is 6.16. The molecule has 1 aromatic carbocycles. The van der Waals surface area contributed by atoms with E-state index in [1.807, 2.05) is 18.2 Å². The van der Waals surface area contributed by atoms with Gasteiger partial charge in [0.2, 0.25) is 0 Å². The molecule has 1 N–H and O–H groups in total. The average molecular weight is 253 g/mol. The average Bonchev–Trinajstić information content (AvgIpc) is 2.84. The topological polar surface area (TPSA) is 24.9 Å². The molecular weight excluding hydrogens is 240 g/mol. The minimum Gasteiger partial charge on any atom is -0.308 e. The van der Waals surface area contributed by atoms with Crippen molar-refractivity contribution in [3.05, 3.63) is 28.2 Å². The third-order valence-corrected chi connectivity index (χ3v) is 4.80. The van der Waals surface area contributed by atoms with Crippen molar-refractivity contribution in [1.82, 2.24) is 10.3 Å². The lowest BCUT2D eigenvalue weighted by Gasteiger charge is -2.11. The van der Waals surface area contributed by atoms with E-state index < -0.39 is 0 Å². The van der Waals surface area contributed by atoms with E-state index in [4.69, 9.17) is 11.6 Å². The van der Waals surface area contributed by atoms with E-state index in [2.05, 4.69) is 17.2 Å². The molecule has 1 fully saturated rings. The molecule has 4 heteroatoms. The van der Waals surface area contributed by atoms with Crippen LogP contribution >= 0.6 is 22.9 Å². The van der Waals surface area contributed by atoms with E-state index >= 15 is 0 Å². The van der Waals surface area contributed by atoms with Crippen molar-refractivity contribution in [3.8, 4) is 0 Å². The number of nitrogens with one attached hydrogen (secondary N) is 1. The Hall–Kier alpha value is -0.640. The normalized spacial score (nSPS) is 25.4. The highest BCUT2D eigenvalue weighted by Crippen LogP contribution is 2.36. The molecule has 84 valence electrons. The summed E-state index contributed by atoms with van der Waals surface area (Å²) in [5.74, 6) is 0.666. The smallest absolute Gasteiger partial charge is 0.111 e. The fourth-order valence-corrected chi connectivity index (χ4v) is 3.70. The molecule has 1 aliphatic rings. The van der Waals surface area contributed by atoms with E-state index in [0.29, 0.717) is 12.0 Å². The van der Waals surface area contributed by atoms with Crippen LogP contribution < -0.4 is 5.32 Å². The molecule has 0 radical (unpaired) electrons. The Bertz CT molecular complexity index is 523. The van der Waals surface area contributed by atoms with E-state index in [9.17, 15) is 0 Å². The number of aromatic nitrogens is 1. The number of thiazole rings is 1. The highest BCUT2D eigenvalue weighted by atomic mass is 35.5. The quantitative estimate of drug-likeness (QED) is 0.839. The zero-order valence-corrected chi connectivity index (χ0v) is 10.6. The first-order valence-corrected chi connectivity index (χ1v) is 6.73. The summed E-state index contributed by atoms with van der Waals surface area (Å²) in [6, 6.07) is 6.33. The molecule has 1 aliphatic heterocycles. The fourth-order valence-electron chi connectivity index (χ4n) is 2.23. The molecule has 16 heavy (non-hydrogen) atoms. The minimum absolute atomic E-state index is 0.411. The third kappa shape index (κ3) is 1.63. The highest BCUT2D eigenvalue weighted by Gasteiger charge is 2.27. The van der Waals surface area contributed by atoms with Gasteiger partial charge in [-0.3, -0.25) is 0 Å². The summed E-state index contributed by atoms with van der Waals surface area (Å²) in [5, 5.41) is 5.49. The lowest BCUT2D eigenvalue weighted by Crippen LogP contribution is -2.15. The number of fused-ring (bicyclic) bond motifs is 1. The van der Waals surface area contributed by atoms with Gasteiger partial charge in [0.15, 0.2) is 0 Å². The van der Waals surface area contributed by atoms with Gasteiger partial charge in [0.05, 0.1) is 21.3 Å². The minimum atomic E-state index is 0.411. The zero-order valence-electron chi connectivity index (χ0n) is 9.03. The van der Waals surface area contributed by atoms with Crippen molar-refractivity contribution < 1.29 is 0 Å². The molecule has 2 unspecified atom stereocenters. The van der Waals surface area contributed by atoms with Gasteiger partial charge in [-0.05, 0) is 31.0 Å². The van der Waals surface area contributed by atoms with Crippen LogP contribution in [0.4, 0.5) is 0 Å². The third-order valence-electron chi connectivity index (χ3n) is 3.18. The fraction of sp³-hybridized carbons (Fsp3) is 0.417. The molecule has 2 aromatic rings. The second kappa shape index (κ2) is 3.99. The summed E-state index contributed by atoms with van der Waals surface area (Å²) in [5.41, 5.74) is 1.02. The molecule has 2 atom stereocenters. The van der Waals surface area contributed by atoms with Gasteiger partial charge in [-0.15, -0.1) is 11.3 Å². The molecule has 0 saturated carbocycles. The number of rotatable bonds is 1. The zero-order chi connectivity index (χ0) is 11.1. The van der Waals surface area contributed by atoms with Gasteiger partial charge < -0.3 is 5.32 Å². The van der Waals surface area contributed by atoms with Gasteiger partial charge in [-0.2, -0.15) is 0 Å². The lowest BCUT2D eigenvalue weighted by atomic mass is 10.0. The summed E-state index contributed by atoms with van der Waals surface area (Å²) in [4.78, 5) is 4.68. The van der Waals surface area contributed by atoms with Crippen LogP contribution in [0, 0.1) is 5.92 Å². The monoisotopic (exact) mass is 252 g/mol. The number of benzene rings is 1. The number of hydrogen-bond acceptors (Lipinski definition) is 3. The molecular formula is C12H13ClN2S. The summed E-state index contributed by atoms with van der Waals surface area (Å²) in [6.07, 6.45) is 1.23. The molecule has 1 aromatic heterocycles. The van der Waals surface area contributed by atoms with Crippen molar-refractivity contribution in [2.24, 2.45) is 5.92 Å². The maximum Gasteiger partial charge on any atom is 0.111 e. The Morgan fingerprint density at radius 2 is 2.38 bits per heavy atom. The van der Waals surface area contributed by atoms with Crippen molar-refractivity contribution in [2.75, 3.05) is 6.54 Å². The maximum atomic E-state index is 6.16. The second-order valence-corrected chi connectivity index (χ2v) is 5.78. The van der Waals surface area contributed by atoms with Crippen molar-refractivity contribution in [1.29, 1.82) is 0 Å². The molecule has 0 spiro atoms. The van der Waals surface area contributed by atoms with Crippen molar-refractivity contribution in [3.63, 3.8) is 0 Å². The van der Waals surface area contributed by atoms with E-state index in [1.165, 1.54) is 11.4 Å². The van der Waals surface area contributed by atoms with Crippen LogP contribution in [-0.4, -0.2) is 11.5 Å². The summed E-state index contributed by atoms with van der Waals surface area (Å²) in [7, 11) is 0. The predicted octanol–water partition coefficient (Wildman–Crippen LogP) is 3.62. The molecule has 2 heterocycles. The van der Waals surface area contributed by atoms with Crippen LogP contribution in [0.3, 0.4) is 0 Å². The Morgan fingerprint density at radius 3 is 3.06 bits per heavy atom. The first-order chi connectivity index (χ1) is 7.75. The van der Waals surface area contributed by atoms with Gasteiger partial charge in [0, 0.05) is 0 Å². The standard InChI is InChI=1S/C12H13ClN2S/c1-7-5-6-14-10(7)12-15-9-4-2-3-8(13)11(9)16-12/h2-4,7,10,14H,5-6H2,1H3. The summed E-state index contributed by atoms with van der Waals surface area (Å²) >= 11 is 7.88. The van der Waals surface area contributed by atoms with E-state index in [-0.39, 0.29) is 0 Å². The Kier molecular flexibility index (Phi) is 2.62. The number of halogens is 1. The predicted molar refractivity (Wildman–Crippen MR) is 69.2 cm³/mol. The number of nitrogens with zero attached hydrogens (tertiary/aromatic N) is 1. The molecule has 0 bridgehead atoms. The first-order valence-electron chi connectivity index (χ1n) is 5.54. The van der Waals surface area contributed by atoms with E-state index in [0.717, 1.165) is 21.8 Å². The second-order valence-electron chi connectivity index (χ2n) is 4.34.